The Balaban J connectivity index is 1.80. The Hall–Kier alpha value is -3.03. The Morgan fingerprint density at radius 1 is 1.12 bits per heavy atom. The Bertz CT molecular complexity index is 888. The van der Waals surface area contributed by atoms with Crippen molar-refractivity contribution < 1.29 is 28.7 Å². The molecule has 128 valence electrons. The first kappa shape index (κ1) is 15.5. The molecule has 1 aromatic rings. The van der Waals surface area contributed by atoms with Crippen molar-refractivity contribution in [3.8, 4) is 5.75 Å². The highest BCUT2D eigenvalue weighted by atomic mass is 16.5. The molecule has 1 atom stereocenters. The molecule has 1 aromatic carbocycles. The summed E-state index contributed by atoms with van der Waals surface area (Å²) in [7, 11) is 1.38. The second-order valence-electron chi connectivity index (χ2n) is 6.31. The van der Waals surface area contributed by atoms with Crippen molar-refractivity contribution >= 4 is 29.4 Å². The number of imide groups is 2. The van der Waals surface area contributed by atoms with E-state index in [4.69, 9.17) is 4.74 Å². The molecule has 1 fully saturated rings. The highest BCUT2D eigenvalue weighted by Gasteiger charge is 2.47. The van der Waals surface area contributed by atoms with Gasteiger partial charge in [0.05, 0.1) is 18.2 Å². The molecule has 0 unspecified atom stereocenters. The summed E-state index contributed by atoms with van der Waals surface area (Å²) < 4.78 is 5.34. The van der Waals surface area contributed by atoms with Gasteiger partial charge in [-0.3, -0.25) is 34.2 Å². The standard InChI is InChI=1S/C17H14N2O6/c1-25-14-9-6-8(20)4-7(9)5-10-13(14)17(24)19(16(10)23)11-2-3-12(21)18-15(11)22/h5,11H,2-4,6H2,1H3,(H,18,21,22)/t11-/m0/s1. The third-order valence-corrected chi connectivity index (χ3v) is 4.85. The number of amides is 4. The lowest BCUT2D eigenvalue weighted by Gasteiger charge is -2.27. The van der Waals surface area contributed by atoms with Gasteiger partial charge in [-0.25, -0.2) is 0 Å². The minimum Gasteiger partial charge on any atom is -0.496 e. The van der Waals surface area contributed by atoms with Gasteiger partial charge in [0.1, 0.15) is 17.6 Å². The van der Waals surface area contributed by atoms with Crippen molar-refractivity contribution in [2.45, 2.75) is 31.7 Å². The number of hydrogen-bond donors (Lipinski definition) is 1. The molecule has 1 saturated heterocycles. The van der Waals surface area contributed by atoms with Crippen LogP contribution < -0.4 is 10.1 Å². The third-order valence-electron chi connectivity index (χ3n) is 4.85. The number of Topliss-reactive ketones (excluding diaryl/α,β-unsaturated/α-hetero) is 1. The number of fused-ring (bicyclic) bond motifs is 2. The van der Waals surface area contributed by atoms with Gasteiger partial charge in [-0.15, -0.1) is 0 Å². The predicted molar refractivity (Wildman–Crippen MR) is 82.1 cm³/mol. The molecule has 0 saturated carbocycles. The number of methoxy groups -OCH3 is 1. The van der Waals surface area contributed by atoms with E-state index in [0.717, 1.165) is 4.90 Å². The highest BCUT2D eigenvalue weighted by Crippen LogP contribution is 2.40. The smallest absolute Gasteiger partial charge is 0.266 e. The Kier molecular flexibility index (Phi) is 3.24. The van der Waals surface area contributed by atoms with Crippen LogP contribution in [0, 0.1) is 0 Å². The number of nitrogens with one attached hydrogen (secondary N) is 1. The third kappa shape index (κ3) is 2.10. The number of benzene rings is 1. The summed E-state index contributed by atoms with van der Waals surface area (Å²) in [5.74, 6) is -2.09. The second-order valence-corrected chi connectivity index (χ2v) is 6.31. The molecule has 1 aliphatic carbocycles. The van der Waals surface area contributed by atoms with Crippen molar-refractivity contribution in [2.24, 2.45) is 0 Å². The van der Waals surface area contributed by atoms with Crippen LogP contribution >= 0.6 is 0 Å². The molecule has 4 rings (SSSR count). The normalized spacial score (nSPS) is 22.2. The van der Waals surface area contributed by atoms with E-state index in [1.165, 1.54) is 7.11 Å². The minimum absolute atomic E-state index is 0.00102. The van der Waals surface area contributed by atoms with Crippen LogP contribution in [0.3, 0.4) is 0 Å². The average molecular weight is 342 g/mol. The molecule has 0 aromatic heterocycles. The van der Waals surface area contributed by atoms with E-state index in [2.05, 4.69) is 5.32 Å². The number of nitrogens with zero attached hydrogens (tertiary/aromatic N) is 1. The van der Waals surface area contributed by atoms with Crippen molar-refractivity contribution in [2.75, 3.05) is 7.11 Å². The molecule has 0 spiro atoms. The van der Waals surface area contributed by atoms with E-state index >= 15 is 0 Å². The number of carbonyl (C=O) groups is 5. The molecule has 8 nitrogen and oxygen atoms in total. The van der Waals surface area contributed by atoms with Gasteiger partial charge < -0.3 is 4.74 Å². The summed E-state index contributed by atoms with van der Waals surface area (Å²) >= 11 is 0. The SMILES string of the molecule is COc1c2c(cc3c1C(=O)N([C@H]1CCC(=O)NC1=O)C3=O)CC(=O)C2. The van der Waals surface area contributed by atoms with Gasteiger partial charge in [0.25, 0.3) is 11.8 Å². The van der Waals surface area contributed by atoms with Crippen LogP contribution in [0.2, 0.25) is 0 Å². The minimum atomic E-state index is -1.02. The number of ether oxygens (including phenoxy) is 1. The Morgan fingerprint density at radius 2 is 1.88 bits per heavy atom. The van der Waals surface area contributed by atoms with Crippen molar-refractivity contribution in [3.05, 3.63) is 28.3 Å². The first-order valence-electron chi connectivity index (χ1n) is 7.88. The molecule has 2 heterocycles. The fourth-order valence-electron chi connectivity index (χ4n) is 3.74. The van der Waals surface area contributed by atoms with Crippen LogP contribution in [0.4, 0.5) is 0 Å². The Labute approximate surface area is 142 Å². The zero-order valence-electron chi connectivity index (χ0n) is 13.4. The molecule has 25 heavy (non-hydrogen) atoms. The Morgan fingerprint density at radius 3 is 2.56 bits per heavy atom. The molecule has 3 aliphatic rings. The van der Waals surface area contributed by atoms with E-state index in [1.54, 1.807) is 6.07 Å². The van der Waals surface area contributed by atoms with Crippen LogP contribution in [0.25, 0.3) is 0 Å². The van der Waals surface area contributed by atoms with Crippen LogP contribution in [0.1, 0.15) is 44.7 Å². The van der Waals surface area contributed by atoms with Crippen LogP contribution in [0.5, 0.6) is 5.75 Å². The lowest BCUT2D eigenvalue weighted by Crippen LogP contribution is -2.54. The molecular weight excluding hydrogens is 328 g/mol. The van der Waals surface area contributed by atoms with Crippen molar-refractivity contribution in [3.63, 3.8) is 0 Å². The van der Waals surface area contributed by atoms with Gasteiger partial charge in [0.2, 0.25) is 11.8 Å². The van der Waals surface area contributed by atoms with Gasteiger partial charge in [-0.1, -0.05) is 0 Å². The van der Waals surface area contributed by atoms with Gasteiger partial charge in [0, 0.05) is 24.8 Å². The maximum Gasteiger partial charge on any atom is 0.266 e. The van der Waals surface area contributed by atoms with Crippen LogP contribution in [-0.4, -0.2) is 47.5 Å². The van der Waals surface area contributed by atoms with E-state index in [0.29, 0.717) is 11.1 Å². The topological polar surface area (TPSA) is 110 Å². The summed E-state index contributed by atoms with van der Waals surface area (Å²) in [6, 6.07) is 0.524. The first-order chi connectivity index (χ1) is 11.9. The van der Waals surface area contributed by atoms with E-state index < -0.39 is 29.7 Å². The zero-order chi connectivity index (χ0) is 17.9. The van der Waals surface area contributed by atoms with Crippen molar-refractivity contribution in [1.82, 2.24) is 10.2 Å². The summed E-state index contributed by atoms with van der Waals surface area (Å²) in [4.78, 5) is 61.7. The maximum absolute atomic E-state index is 12.9. The van der Waals surface area contributed by atoms with Crippen molar-refractivity contribution in [1.29, 1.82) is 0 Å². The first-order valence-corrected chi connectivity index (χ1v) is 7.88. The molecule has 0 bridgehead atoms. The van der Waals surface area contributed by atoms with Gasteiger partial charge >= 0.3 is 0 Å². The molecule has 8 heteroatoms. The van der Waals surface area contributed by atoms with E-state index in [-0.39, 0.29) is 48.3 Å². The lowest BCUT2D eigenvalue weighted by atomic mass is 9.99. The van der Waals surface area contributed by atoms with E-state index in [9.17, 15) is 24.0 Å². The molecular formula is C17H14N2O6. The number of piperidine rings is 1. The summed E-state index contributed by atoms with van der Waals surface area (Å²) in [6.07, 6.45) is 0.507. The monoisotopic (exact) mass is 342 g/mol. The average Bonchev–Trinajstić information content (AvgIpc) is 3.04. The van der Waals surface area contributed by atoms with Crippen LogP contribution in [0.15, 0.2) is 6.07 Å². The number of carbonyl (C=O) groups excluding carboxylic acids is 5. The molecule has 0 radical (unpaired) electrons. The summed E-state index contributed by atoms with van der Waals surface area (Å²) in [6.45, 7) is 0. The van der Waals surface area contributed by atoms with Gasteiger partial charge in [-0.2, -0.15) is 0 Å². The largest absolute Gasteiger partial charge is 0.496 e. The van der Waals surface area contributed by atoms with Gasteiger partial charge in [-0.05, 0) is 18.1 Å². The maximum atomic E-state index is 12.9. The second kappa shape index (κ2) is 5.23. The summed E-state index contributed by atoms with van der Waals surface area (Å²) in [5, 5.41) is 2.15. The van der Waals surface area contributed by atoms with E-state index in [1.807, 2.05) is 0 Å². The molecule has 1 N–H and O–H groups in total. The predicted octanol–water partition coefficient (Wildman–Crippen LogP) is -0.236. The lowest BCUT2D eigenvalue weighted by molar-refractivity contribution is -0.136. The zero-order valence-corrected chi connectivity index (χ0v) is 13.4. The molecule has 4 amide bonds. The number of rotatable bonds is 2. The number of ketones is 1. The summed E-state index contributed by atoms with van der Waals surface area (Å²) in [5.41, 5.74) is 1.52. The van der Waals surface area contributed by atoms with Gasteiger partial charge in [0.15, 0.2) is 0 Å². The highest BCUT2D eigenvalue weighted by molar-refractivity contribution is 6.25. The number of hydrogen-bond acceptors (Lipinski definition) is 6. The molecule has 2 aliphatic heterocycles. The van der Waals surface area contributed by atoms with Crippen LogP contribution in [-0.2, 0) is 27.2 Å². The fourth-order valence-corrected chi connectivity index (χ4v) is 3.74. The fraction of sp³-hybridized carbons (Fsp3) is 0.353. The quantitative estimate of drug-likeness (QED) is 0.743.